The van der Waals surface area contributed by atoms with E-state index in [-0.39, 0.29) is 73.0 Å². The molecule has 392 valence electrons. The van der Waals surface area contributed by atoms with Gasteiger partial charge in [-0.2, -0.15) is 4.98 Å². The summed E-state index contributed by atoms with van der Waals surface area (Å²) in [6, 6.07) is 17.1. The van der Waals surface area contributed by atoms with Crippen LogP contribution < -0.4 is 26.4 Å². The molecular weight excluding hydrogens is 971 g/mol. The summed E-state index contributed by atoms with van der Waals surface area (Å²) in [5.74, 6) is -0.609. The number of carbonyl (C=O) groups is 5. The quantitative estimate of drug-likeness (QED) is 0.0839. The van der Waals surface area contributed by atoms with Crippen molar-refractivity contribution in [1.82, 2.24) is 44.9 Å². The number of rotatable bonds is 15. The molecule has 19 heteroatoms. The zero-order chi connectivity index (χ0) is 53.1. The number of nitrogens with zero attached hydrogens (tertiary/aromatic N) is 8. The van der Waals surface area contributed by atoms with Gasteiger partial charge in [0.25, 0.3) is 5.56 Å². The van der Waals surface area contributed by atoms with Crippen LogP contribution in [0.5, 0.6) is 0 Å². The number of anilines is 3. The second kappa shape index (κ2) is 22.2. The Morgan fingerprint density at radius 3 is 2.15 bits per heavy atom. The Hall–Kier alpha value is -7.38. The van der Waals surface area contributed by atoms with Gasteiger partial charge in [-0.1, -0.05) is 82.1 Å². The minimum atomic E-state index is -0.964. The summed E-state index contributed by atoms with van der Waals surface area (Å²) < 4.78 is 1.69. The van der Waals surface area contributed by atoms with Crippen LogP contribution in [0.3, 0.4) is 0 Å². The molecule has 0 spiro atoms. The average molecular weight is 1040 g/mol. The van der Waals surface area contributed by atoms with Crippen molar-refractivity contribution < 1.29 is 29.1 Å². The lowest BCUT2D eigenvalue weighted by Gasteiger charge is -2.36. The lowest BCUT2D eigenvalue weighted by molar-refractivity contribution is -0.144. The Balaban J connectivity index is 0.744. The normalized spacial score (nSPS) is 17.6. The van der Waals surface area contributed by atoms with Crippen molar-refractivity contribution in [3.8, 4) is 10.4 Å². The first-order valence-corrected chi connectivity index (χ1v) is 26.6. The van der Waals surface area contributed by atoms with Crippen molar-refractivity contribution in [3.05, 3.63) is 122 Å². The van der Waals surface area contributed by atoms with E-state index in [0.29, 0.717) is 60.1 Å². The van der Waals surface area contributed by atoms with Crippen LogP contribution in [0.1, 0.15) is 104 Å². The van der Waals surface area contributed by atoms with E-state index in [1.54, 1.807) is 35.2 Å². The number of thiazole rings is 1. The van der Waals surface area contributed by atoms with Gasteiger partial charge in [0.2, 0.25) is 29.6 Å². The molecule has 3 atom stereocenters. The number of hydrogen-bond acceptors (Lipinski definition) is 14. The molecule has 1 saturated carbocycles. The Kier molecular flexibility index (Phi) is 15.5. The average Bonchev–Trinajstić information content (AvgIpc) is 4.18. The molecule has 3 fully saturated rings. The Morgan fingerprint density at radius 1 is 0.840 bits per heavy atom. The van der Waals surface area contributed by atoms with Crippen LogP contribution in [-0.4, -0.2) is 120 Å². The zero-order valence-electron chi connectivity index (χ0n) is 43.4. The molecule has 2 aliphatic heterocycles. The van der Waals surface area contributed by atoms with Gasteiger partial charge in [-0.3, -0.25) is 33.3 Å². The van der Waals surface area contributed by atoms with Crippen LogP contribution in [0.2, 0.25) is 0 Å². The van der Waals surface area contributed by atoms with Gasteiger partial charge in [-0.05, 0) is 79.0 Å². The number of aliphatic hydroxyl groups excluding tert-OH is 1. The van der Waals surface area contributed by atoms with Crippen molar-refractivity contribution in [2.75, 3.05) is 42.9 Å². The number of likely N-dealkylation sites (tertiary alicyclic amines) is 1. The first-order chi connectivity index (χ1) is 35.9. The SMILES string of the molecule is CC(=O)c1c(C)c2cnc(Nc3ccc(N4CCN(C(=O)Cc5ccc(CC(=O)N[C@H](C(=O)N6C[C@H](O)CC6C(=O)NCc6ccc(-c7scnc7C)cc6)C(C)(C)C)cc5)CC4)cn3)nc2n(C2CCCC2)c1=O. The summed E-state index contributed by atoms with van der Waals surface area (Å²) in [5, 5.41) is 20.4. The van der Waals surface area contributed by atoms with Gasteiger partial charge in [0.15, 0.2) is 5.78 Å². The van der Waals surface area contributed by atoms with Crippen LogP contribution in [0.4, 0.5) is 17.5 Å². The van der Waals surface area contributed by atoms with Crippen LogP contribution in [-0.2, 0) is 38.6 Å². The summed E-state index contributed by atoms with van der Waals surface area (Å²) in [6.45, 7) is 13.3. The van der Waals surface area contributed by atoms with Gasteiger partial charge in [0.05, 0.1) is 52.5 Å². The number of piperazine rings is 1. The number of amides is 4. The highest BCUT2D eigenvalue weighted by Crippen LogP contribution is 2.33. The number of Topliss-reactive ketones (excluding diaryl/α,β-unsaturated/α-hetero) is 1. The van der Waals surface area contributed by atoms with E-state index >= 15 is 0 Å². The third-order valence-electron chi connectivity index (χ3n) is 14.7. The highest BCUT2D eigenvalue weighted by molar-refractivity contribution is 7.13. The fourth-order valence-electron chi connectivity index (χ4n) is 10.5. The number of hydrogen-bond donors (Lipinski definition) is 4. The molecule has 18 nitrogen and oxygen atoms in total. The minimum Gasteiger partial charge on any atom is -0.391 e. The number of fused-ring (bicyclic) bond motifs is 1. The van der Waals surface area contributed by atoms with E-state index in [4.69, 9.17) is 4.98 Å². The fraction of sp³-hybridized carbons (Fsp3) is 0.429. The lowest BCUT2D eigenvalue weighted by Crippen LogP contribution is -2.58. The third-order valence-corrected chi connectivity index (χ3v) is 15.7. The maximum Gasteiger partial charge on any atom is 0.263 e. The van der Waals surface area contributed by atoms with E-state index in [0.717, 1.165) is 58.6 Å². The van der Waals surface area contributed by atoms with Crippen molar-refractivity contribution in [1.29, 1.82) is 0 Å². The Labute approximate surface area is 440 Å². The number of nitrogens with one attached hydrogen (secondary N) is 3. The van der Waals surface area contributed by atoms with Crippen LogP contribution in [0.25, 0.3) is 21.5 Å². The molecule has 1 unspecified atom stereocenters. The smallest absolute Gasteiger partial charge is 0.263 e. The van der Waals surface area contributed by atoms with Crippen molar-refractivity contribution in [2.45, 2.75) is 117 Å². The minimum absolute atomic E-state index is 0.000339. The summed E-state index contributed by atoms with van der Waals surface area (Å²) in [4.78, 5) is 106. The predicted molar refractivity (Wildman–Crippen MR) is 288 cm³/mol. The first-order valence-electron chi connectivity index (χ1n) is 25.7. The molecule has 0 radical (unpaired) electrons. The van der Waals surface area contributed by atoms with Gasteiger partial charge >= 0.3 is 0 Å². The Bertz CT molecular complexity index is 3160. The van der Waals surface area contributed by atoms with Gasteiger partial charge in [-0.25, -0.2) is 15.0 Å². The molecule has 75 heavy (non-hydrogen) atoms. The Morgan fingerprint density at radius 2 is 1.52 bits per heavy atom. The van der Waals surface area contributed by atoms with Crippen molar-refractivity contribution in [3.63, 3.8) is 0 Å². The second-order valence-electron chi connectivity index (χ2n) is 21.1. The summed E-state index contributed by atoms with van der Waals surface area (Å²) in [5.41, 5.74) is 7.41. The van der Waals surface area contributed by atoms with Crippen LogP contribution in [0, 0.1) is 19.3 Å². The number of aryl methyl sites for hydroxylation is 2. The van der Waals surface area contributed by atoms with Crippen molar-refractivity contribution >= 4 is 69.2 Å². The monoisotopic (exact) mass is 1040 g/mol. The molecule has 0 bridgehead atoms. The maximum absolute atomic E-state index is 14.2. The van der Waals surface area contributed by atoms with Gasteiger partial charge < -0.3 is 35.8 Å². The topological polar surface area (TPSA) is 225 Å². The van der Waals surface area contributed by atoms with Crippen molar-refractivity contribution in [2.24, 2.45) is 5.41 Å². The van der Waals surface area contributed by atoms with E-state index < -0.39 is 29.5 Å². The number of pyridine rings is 2. The molecule has 4 N–H and O–H groups in total. The first kappa shape index (κ1) is 52.5. The number of benzene rings is 2. The molecule has 3 aliphatic rings. The predicted octanol–water partition coefficient (Wildman–Crippen LogP) is 6.23. The number of carbonyl (C=O) groups excluding carboxylic acids is 5. The number of ketones is 1. The largest absolute Gasteiger partial charge is 0.391 e. The number of β-amino-alcohol motifs (C(OH)–C–C–N with tert-alkyl or cyclic N) is 1. The molecule has 1 aliphatic carbocycles. The van der Waals surface area contributed by atoms with E-state index in [1.165, 1.54) is 11.8 Å². The van der Waals surface area contributed by atoms with Gasteiger partial charge in [0.1, 0.15) is 23.5 Å². The molecule has 2 saturated heterocycles. The molecule has 4 amide bonds. The molecule has 2 aromatic carbocycles. The standard InChI is InChI=1S/C56H65N11O7S/c1-33-43-30-59-55(63-51(43)67(40-9-7-8-10-40)53(73)48(33)35(3)68)61-45-20-19-41(29-57-45)64-21-23-65(24-22-64)47(71)26-37-13-11-36(12-14-37)25-46(70)62-50(56(4,5)6)54(74)66-31-42(69)27-44(66)52(72)58-28-38-15-17-39(18-16-38)49-34(2)60-32-75-49/h11-20,29-30,32,40,42,44,50,69H,7-10,21-28,31H2,1-6H3,(H,58,72)(H,62,70)(H,57,59,61,63)/t42-,44?,50-/m1/s1. The van der Waals surface area contributed by atoms with Crippen LogP contribution in [0.15, 0.2) is 83.4 Å². The number of aromatic nitrogens is 5. The van der Waals surface area contributed by atoms with Crippen LogP contribution >= 0.6 is 11.3 Å². The highest BCUT2D eigenvalue weighted by Gasteiger charge is 2.44. The van der Waals surface area contributed by atoms with Gasteiger partial charge in [0, 0.05) is 63.3 Å². The summed E-state index contributed by atoms with van der Waals surface area (Å²) in [6.07, 6.45) is 6.58. The maximum atomic E-state index is 14.2. The third kappa shape index (κ3) is 11.8. The molecule has 6 heterocycles. The highest BCUT2D eigenvalue weighted by atomic mass is 32.1. The van der Waals surface area contributed by atoms with E-state index in [9.17, 15) is 33.9 Å². The molecule has 4 aromatic heterocycles. The fourth-order valence-corrected chi connectivity index (χ4v) is 11.3. The summed E-state index contributed by atoms with van der Waals surface area (Å²) >= 11 is 1.57. The second-order valence-corrected chi connectivity index (χ2v) is 22.0. The van der Waals surface area contributed by atoms with Gasteiger partial charge in [-0.15, -0.1) is 11.3 Å². The van der Waals surface area contributed by atoms with E-state index in [2.05, 4.69) is 35.8 Å². The zero-order valence-corrected chi connectivity index (χ0v) is 44.2. The molecule has 9 rings (SSSR count). The number of aliphatic hydroxyl groups is 1. The molecular formula is C56H65N11O7S. The lowest BCUT2D eigenvalue weighted by atomic mass is 9.85. The van der Waals surface area contributed by atoms with E-state index in [1.807, 2.05) is 98.8 Å². The summed E-state index contributed by atoms with van der Waals surface area (Å²) in [7, 11) is 0. The molecule has 6 aromatic rings.